The maximum Gasteiger partial charge on any atom is 0.408 e. The van der Waals surface area contributed by atoms with Crippen LogP contribution in [0.2, 0.25) is 5.02 Å². The van der Waals surface area contributed by atoms with Crippen LogP contribution in [0.25, 0.3) is 11.3 Å². The summed E-state index contributed by atoms with van der Waals surface area (Å²) < 4.78 is 7.20. The maximum absolute atomic E-state index is 14.2. The number of hydrogen-bond acceptors (Lipinski definition) is 7. The number of carboxylic acids is 1. The summed E-state index contributed by atoms with van der Waals surface area (Å²) in [6.45, 7) is 9.25. The van der Waals surface area contributed by atoms with Crippen molar-refractivity contribution in [3.8, 4) is 11.3 Å². The minimum absolute atomic E-state index is 0.0945. The summed E-state index contributed by atoms with van der Waals surface area (Å²) in [5, 5.41) is 24.5. The van der Waals surface area contributed by atoms with E-state index >= 15 is 0 Å². The molecule has 44 heavy (non-hydrogen) atoms. The van der Waals surface area contributed by atoms with Crippen LogP contribution >= 0.6 is 11.6 Å². The van der Waals surface area contributed by atoms with Crippen molar-refractivity contribution in [3.63, 3.8) is 0 Å². The average molecular weight is 627 g/mol. The molecule has 236 valence electrons. The second-order valence-electron chi connectivity index (χ2n) is 13.1. The third-order valence-corrected chi connectivity index (χ3v) is 9.12. The van der Waals surface area contributed by atoms with Gasteiger partial charge in [0.1, 0.15) is 29.4 Å². The van der Waals surface area contributed by atoms with Gasteiger partial charge in [0.15, 0.2) is 0 Å². The molecule has 3 N–H and O–H groups in total. The van der Waals surface area contributed by atoms with Crippen molar-refractivity contribution >= 4 is 35.5 Å². The van der Waals surface area contributed by atoms with Crippen LogP contribution in [0.1, 0.15) is 65.3 Å². The molecule has 1 aromatic carbocycles. The highest BCUT2D eigenvalue weighted by Crippen LogP contribution is 2.45. The number of amides is 3. The van der Waals surface area contributed by atoms with Gasteiger partial charge in [-0.3, -0.25) is 9.59 Å². The number of halogens is 1. The molecular weight excluding hydrogens is 588 g/mol. The van der Waals surface area contributed by atoms with Crippen molar-refractivity contribution in [2.75, 3.05) is 6.54 Å². The summed E-state index contributed by atoms with van der Waals surface area (Å²) >= 11 is 6.03. The van der Waals surface area contributed by atoms with Crippen LogP contribution in [0, 0.1) is 11.3 Å². The van der Waals surface area contributed by atoms with Crippen LogP contribution in [-0.4, -0.2) is 79.1 Å². The Balaban J connectivity index is 1.40. The molecule has 1 aliphatic heterocycles. The standard InChI is InChI=1S/C31H39ClN6O6/c1-5-19-15-31(19,28(41)42)34-26(39)24-14-21(38-17-23(35-36-38)18-10-12-20(32)13-11-18)16-37(24)27(40)25(30(2,3)4)33-29(43)44-22-8-6-7-9-22/h5,10-13,17,19,21-22,24-25H,1,6-9,14-16H2,2-4H3,(H,33,43)(H,34,39)(H,41,42)/t19-,21-,24+,25-,31-/m1/s1. The molecule has 2 aliphatic carbocycles. The number of hydrogen-bond donors (Lipinski definition) is 3. The van der Waals surface area contributed by atoms with Gasteiger partial charge in [0.05, 0.1) is 12.2 Å². The van der Waals surface area contributed by atoms with E-state index in [2.05, 4.69) is 27.5 Å². The fourth-order valence-corrected chi connectivity index (χ4v) is 6.27. The third kappa shape index (κ3) is 6.45. The number of benzene rings is 1. The van der Waals surface area contributed by atoms with Gasteiger partial charge in [-0.05, 0) is 49.7 Å². The Morgan fingerprint density at radius 3 is 2.45 bits per heavy atom. The zero-order chi connectivity index (χ0) is 31.8. The van der Waals surface area contributed by atoms with Crippen molar-refractivity contribution in [2.45, 2.75) is 89.1 Å². The van der Waals surface area contributed by atoms with E-state index in [9.17, 15) is 24.3 Å². The molecule has 3 fully saturated rings. The van der Waals surface area contributed by atoms with Gasteiger partial charge in [0, 0.05) is 29.5 Å². The van der Waals surface area contributed by atoms with E-state index in [1.807, 2.05) is 32.9 Å². The highest BCUT2D eigenvalue weighted by molar-refractivity contribution is 6.30. The Morgan fingerprint density at radius 2 is 1.86 bits per heavy atom. The topological polar surface area (TPSA) is 156 Å². The van der Waals surface area contributed by atoms with Crippen LogP contribution in [-0.2, 0) is 19.1 Å². The third-order valence-electron chi connectivity index (χ3n) is 8.87. The van der Waals surface area contributed by atoms with E-state index in [1.165, 1.54) is 11.0 Å². The van der Waals surface area contributed by atoms with Crippen molar-refractivity contribution in [1.29, 1.82) is 0 Å². The SMILES string of the molecule is C=C[C@@H]1C[C@]1(NC(=O)[C@@H]1C[C@@H](n2cc(-c3ccc(Cl)cc3)nn2)CN1C(=O)[C@@H](NC(=O)OC1CCCC1)C(C)(C)C)C(=O)O. The Morgan fingerprint density at radius 1 is 1.18 bits per heavy atom. The molecule has 1 aromatic heterocycles. The first-order chi connectivity index (χ1) is 20.8. The largest absolute Gasteiger partial charge is 0.479 e. The summed E-state index contributed by atoms with van der Waals surface area (Å²) in [6, 6.07) is 4.66. The zero-order valence-electron chi connectivity index (χ0n) is 25.2. The number of ether oxygens (including phenoxy) is 1. The van der Waals surface area contributed by atoms with Crippen molar-refractivity contribution in [1.82, 2.24) is 30.5 Å². The van der Waals surface area contributed by atoms with Crippen molar-refractivity contribution in [3.05, 3.63) is 48.1 Å². The minimum Gasteiger partial charge on any atom is -0.479 e. The molecule has 13 heteroatoms. The first-order valence-electron chi connectivity index (χ1n) is 15.0. The fraction of sp³-hybridized carbons (Fsp3) is 0.548. The van der Waals surface area contributed by atoms with E-state index in [-0.39, 0.29) is 25.5 Å². The lowest BCUT2D eigenvalue weighted by Crippen LogP contribution is -2.59. The number of nitrogens with one attached hydrogen (secondary N) is 2. The second-order valence-corrected chi connectivity index (χ2v) is 13.5. The Hall–Kier alpha value is -3.93. The van der Waals surface area contributed by atoms with Gasteiger partial charge in [0.2, 0.25) is 11.8 Å². The van der Waals surface area contributed by atoms with E-state index < -0.39 is 58.9 Å². The van der Waals surface area contributed by atoms with Gasteiger partial charge in [-0.2, -0.15) is 0 Å². The van der Waals surface area contributed by atoms with Gasteiger partial charge in [0.25, 0.3) is 0 Å². The number of aliphatic carboxylic acids is 1. The Kier molecular flexibility index (Phi) is 8.75. The van der Waals surface area contributed by atoms with Crippen LogP contribution in [0.3, 0.4) is 0 Å². The van der Waals surface area contributed by atoms with E-state index in [4.69, 9.17) is 16.3 Å². The average Bonchev–Trinajstić information content (AvgIpc) is 3.43. The molecule has 2 aromatic rings. The van der Waals surface area contributed by atoms with Crippen LogP contribution in [0.4, 0.5) is 4.79 Å². The number of rotatable bonds is 9. The van der Waals surface area contributed by atoms with Gasteiger partial charge in [-0.15, -0.1) is 11.7 Å². The molecule has 2 saturated carbocycles. The van der Waals surface area contributed by atoms with Gasteiger partial charge >= 0.3 is 12.1 Å². The van der Waals surface area contributed by atoms with E-state index in [0.29, 0.717) is 10.7 Å². The molecule has 5 rings (SSSR count). The van der Waals surface area contributed by atoms with Crippen LogP contribution in [0.15, 0.2) is 43.1 Å². The molecule has 3 amide bonds. The second kappa shape index (κ2) is 12.2. The molecule has 2 heterocycles. The fourth-order valence-electron chi connectivity index (χ4n) is 6.15. The van der Waals surface area contributed by atoms with E-state index in [1.54, 1.807) is 23.0 Å². The molecule has 1 saturated heterocycles. The zero-order valence-corrected chi connectivity index (χ0v) is 25.9. The van der Waals surface area contributed by atoms with E-state index in [0.717, 1.165) is 31.2 Å². The lowest BCUT2D eigenvalue weighted by atomic mass is 9.85. The normalized spacial score (nSPS) is 25.7. The number of carboxylic acid groups (broad SMARTS) is 1. The number of alkyl carbamates (subject to hydrolysis) is 1. The minimum atomic E-state index is -1.46. The Bertz CT molecular complexity index is 1430. The number of carbonyl (C=O) groups excluding carboxylic acids is 3. The molecule has 0 bridgehead atoms. The Labute approximate surface area is 261 Å². The predicted molar refractivity (Wildman–Crippen MR) is 162 cm³/mol. The van der Waals surface area contributed by atoms with Gasteiger partial charge in [-0.25, -0.2) is 14.3 Å². The number of aromatic nitrogens is 3. The van der Waals surface area contributed by atoms with Crippen LogP contribution < -0.4 is 10.6 Å². The molecule has 3 aliphatic rings. The van der Waals surface area contributed by atoms with Crippen molar-refractivity contribution < 1.29 is 29.0 Å². The van der Waals surface area contributed by atoms with Crippen molar-refractivity contribution in [2.24, 2.45) is 11.3 Å². The predicted octanol–water partition coefficient (Wildman–Crippen LogP) is 3.97. The summed E-state index contributed by atoms with van der Waals surface area (Å²) in [6.07, 6.45) is 6.30. The molecular formula is C31H39ClN6O6. The number of carbonyl (C=O) groups is 4. The monoisotopic (exact) mass is 626 g/mol. The quantitative estimate of drug-likeness (QED) is 0.353. The molecule has 0 unspecified atom stereocenters. The van der Waals surface area contributed by atoms with Gasteiger partial charge in [-0.1, -0.05) is 55.8 Å². The lowest BCUT2D eigenvalue weighted by molar-refractivity contribution is -0.146. The first kappa shape index (κ1) is 31.5. The molecule has 12 nitrogen and oxygen atoms in total. The first-order valence-corrected chi connectivity index (χ1v) is 15.3. The highest BCUT2D eigenvalue weighted by Gasteiger charge is 2.61. The molecule has 0 radical (unpaired) electrons. The number of nitrogens with zero attached hydrogens (tertiary/aromatic N) is 4. The lowest BCUT2D eigenvalue weighted by Gasteiger charge is -2.35. The molecule has 0 spiro atoms. The summed E-state index contributed by atoms with van der Waals surface area (Å²) in [5.41, 5.74) is -0.806. The molecule has 5 atom stereocenters. The summed E-state index contributed by atoms with van der Waals surface area (Å²) in [7, 11) is 0. The summed E-state index contributed by atoms with van der Waals surface area (Å²) in [5.74, 6) is -2.64. The smallest absolute Gasteiger partial charge is 0.408 e. The van der Waals surface area contributed by atoms with Crippen LogP contribution in [0.5, 0.6) is 0 Å². The maximum atomic E-state index is 14.2. The number of likely N-dealkylation sites (tertiary alicyclic amines) is 1. The summed E-state index contributed by atoms with van der Waals surface area (Å²) in [4.78, 5) is 54.4. The highest BCUT2D eigenvalue weighted by atomic mass is 35.5. The van der Waals surface area contributed by atoms with Gasteiger partial charge < -0.3 is 25.4 Å².